The highest BCUT2D eigenvalue weighted by molar-refractivity contribution is 6.35. The molecule has 0 bridgehead atoms. The largest absolute Gasteiger partial charge is 0.376 e. The predicted octanol–water partition coefficient (Wildman–Crippen LogP) is 1.03. The highest BCUT2D eigenvalue weighted by atomic mass is 16.5. The number of amides is 2. The maximum Gasteiger partial charge on any atom is 0.309 e. The van der Waals surface area contributed by atoms with Crippen molar-refractivity contribution in [1.29, 1.82) is 0 Å². The van der Waals surface area contributed by atoms with Crippen molar-refractivity contribution in [2.24, 2.45) is 0 Å². The molecule has 0 radical (unpaired) electrons. The minimum absolute atomic E-state index is 0.0554. The topological polar surface area (TPSA) is 67.4 Å². The lowest BCUT2D eigenvalue weighted by Crippen LogP contribution is -2.42. The van der Waals surface area contributed by atoms with Gasteiger partial charge < -0.3 is 15.4 Å². The van der Waals surface area contributed by atoms with Gasteiger partial charge in [-0.3, -0.25) is 9.59 Å². The monoisotopic (exact) mass is 290 g/mol. The molecule has 1 heterocycles. The Hall–Kier alpha value is -1.88. The molecule has 1 fully saturated rings. The van der Waals surface area contributed by atoms with E-state index in [1.54, 1.807) is 0 Å². The van der Waals surface area contributed by atoms with Crippen LogP contribution < -0.4 is 10.6 Å². The summed E-state index contributed by atoms with van der Waals surface area (Å²) < 4.78 is 5.38. The third kappa shape index (κ3) is 5.55. The summed E-state index contributed by atoms with van der Waals surface area (Å²) in [6, 6.07) is 10.1. The Morgan fingerprint density at radius 2 is 1.90 bits per heavy atom. The summed E-state index contributed by atoms with van der Waals surface area (Å²) in [6.45, 7) is 1.66. The van der Waals surface area contributed by atoms with Gasteiger partial charge in [-0.1, -0.05) is 30.3 Å². The lowest BCUT2D eigenvalue weighted by Gasteiger charge is -2.10. The quantitative estimate of drug-likeness (QED) is 0.607. The van der Waals surface area contributed by atoms with Gasteiger partial charge in [-0.2, -0.15) is 0 Å². The first-order chi connectivity index (χ1) is 10.3. The van der Waals surface area contributed by atoms with Crippen LogP contribution in [0.25, 0.3) is 0 Å². The molecule has 1 atom stereocenters. The molecule has 2 rings (SSSR count). The maximum atomic E-state index is 11.6. The highest BCUT2D eigenvalue weighted by Gasteiger charge is 2.18. The molecule has 2 amide bonds. The summed E-state index contributed by atoms with van der Waals surface area (Å²) in [5.41, 5.74) is 1.23. The van der Waals surface area contributed by atoms with Crippen molar-refractivity contribution in [1.82, 2.24) is 10.6 Å². The first-order valence-electron chi connectivity index (χ1n) is 7.47. The van der Waals surface area contributed by atoms with Gasteiger partial charge in [-0.05, 0) is 31.2 Å². The smallest absolute Gasteiger partial charge is 0.309 e. The normalized spacial score (nSPS) is 17.4. The van der Waals surface area contributed by atoms with E-state index in [-0.39, 0.29) is 6.10 Å². The van der Waals surface area contributed by atoms with Crippen molar-refractivity contribution in [2.45, 2.75) is 31.8 Å². The molecule has 0 unspecified atom stereocenters. The molecule has 0 saturated carbocycles. The van der Waals surface area contributed by atoms with E-state index in [1.165, 1.54) is 5.56 Å². The summed E-state index contributed by atoms with van der Waals surface area (Å²) in [6.07, 6.45) is 3.72. The Bertz CT molecular complexity index is 456. The van der Waals surface area contributed by atoms with Gasteiger partial charge >= 0.3 is 11.8 Å². The second kappa shape index (κ2) is 8.42. The molecule has 1 saturated heterocycles. The van der Waals surface area contributed by atoms with Crippen LogP contribution in [0.1, 0.15) is 24.8 Å². The molecular formula is C16H22N2O3. The van der Waals surface area contributed by atoms with Crippen LogP contribution in [0.15, 0.2) is 30.3 Å². The highest BCUT2D eigenvalue weighted by Crippen LogP contribution is 2.10. The summed E-state index contributed by atoms with van der Waals surface area (Å²) in [5.74, 6) is -1.15. The van der Waals surface area contributed by atoms with Crippen LogP contribution in [-0.2, 0) is 20.7 Å². The zero-order chi connectivity index (χ0) is 14.9. The fraction of sp³-hybridized carbons (Fsp3) is 0.500. The second-order valence-corrected chi connectivity index (χ2v) is 5.19. The van der Waals surface area contributed by atoms with Gasteiger partial charge in [0.25, 0.3) is 0 Å². The number of benzene rings is 1. The molecule has 1 aromatic rings. The van der Waals surface area contributed by atoms with Crippen molar-refractivity contribution >= 4 is 11.8 Å². The molecule has 0 aromatic heterocycles. The van der Waals surface area contributed by atoms with Crippen LogP contribution >= 0.6 is 0 Å². The molecular weight excluding hydrogens is 268 g/mol. The molecule has 5 nitrogen and oxygen atoms in total. The van der Waals surface area contributed by atoms with E-state index in [0.717, 1.165) is 32.3 Å². The standard InChI is InChI=1S/C16H22N2O3/c19-15(16(20)18-12-14-9-5-11-21-14)17-10-4-8-13-6-2-1-3-7-13/h1-3,6-7,14H,4-5,8-12H2,(H,17,19)(H,18,20)/t14-/m1/s1. The van der Waals surface area contributed by atoms with Gasteiger partial charge in [-0.25, -0.2) is 0 Å². The van der Waals surface area contributed by atoms with Crippen molar-refractivity contribution in [2.75, 3.05) is 19.7 Å². The maximum absolute atomic E-state index is 11.6. The van der Waals surface area contributed by atoms with Crippen molar-refractivity contribution in [3.63, 3.8) is 0 Å². The molecule has 1 aromatic carbocycles. The van der Waals surface area contributed by atoms with Crippen LogP contribution in [0, 0.1) is 0 Å². The van der Waals surface area contributed by atoms with Gasteiger partial charge in [0.1, 0.15) is 0 Å². The van der Waals surface area contributed by atoms with Crippen molar-refractivity contribution in [3.05, 3.63) is 35.9 Å². The number of carbonyl (C=O) groups excluding carboxylic acids is 2. The van der Waals surface area contributed by atoms with Gasteiger partial charge in [0, 0.05) is 19.7 Å². The Kier molecular flexibility index (Phi) is 6.22. The Balaban J connectivity index is 1.56. The number of rotatable bonds is 6. The summed E-state index contributed by atoms with van der Waals surface area (Å²) >= 11 is 0. The number of ether oxygens (including phenoxy) is 1. The Morgan fingerprint density at radius 1 is 1.14 bits per heavy atom. The van der Waals surface area contributed by atoms with Crippen LogP contribution in [0.3, 0.4) is 0 Å². The zero-order valence-corrected chi connectivity index (χ0v) is 12.1. The van der Waals surface area contributed by atoms with E-state index >= 15 is 0 Å². The molecule has 21 heavy (non-hydrogen) atoms. The molecule has 1 aliphatic heterocycles. The first-order valence-corrected chi connectivity index (χ1v) is 7.47. The third-order valence-corrected chi connectivity index (χ3v) is 3.49. The van der Waals surface area contributed by atoms with Crippen LogP contribution in [0.4, 0.5) is 0 Å². The van der Waals surface area contributed by atoms with Crippen molar-refractivity contribution < 1.29 is 14.3 Å². The van der Waals surface area contributed by atoms with E-state index in [4.69, 9.17) is 4.74 Å². The Labute approximate surface area is 125 Å². The predicted molar refractivity (Wildman–Crippen MR) is 79.8 cm³/mol. The second-order valence-electron chi connectivity index (χ2n) is 5.19. The number of hydrogen-bond acceptors (Lipinski definition) is 3. The SMILES string of the molecule is O=C(NCCCc1ccccc1)C(=O)NC[C@H]1CCCO1. The molecule has 114 valence electrons. The van der Waals surface area contributed by atoms with Crippen LogP contribution in [0.2, 0.25) is 0 Å². The molecule has 2 N–H and O–H groups in total. The summed E-state index contributed by atoms with van der Waals surface area (Å²) in [5, 5.41) is 5.24. The van der Waals surface area contributed by atoms with Gasteiger partial charge in [-0.15, -0.1) is 0 Å². The molecule has 5 heteroatoms. The van der Waals surface area contributed by atoms with Crippen molar-refractivity contribution in [3.8, 4) is 0 Å². The van der Waals surface area contributed by atoms with E-state index in [1.807, 2.05) is 18.2 Å². The van der Waals surface area contributed by atoms with Gasteiger partial charge in [0.2, 0.25) is 0 Å². The molecule has 1 aliphatic rings. The Morgan fingerprint density at radius 3 is 2.62 bits per heavy atom. The number of hydrogen-bond donors (Lipinski definition) is 2. The fourth-order valence-electron chi connectivity index (χ4n) is 2.31. The zero-order valence-electron chi connectivity index (χ0n) is 12.1. The number of aryl methyl sites for hydroxylation is 1. The van der Waals surface area contributed by atoms with E-state index in [0.29, 0.717) is 13.1 Å². The van der Waals surface area contributed by atoms with E-state index in [9.17, 15) is 9.59 Å². The lowest BCUT2D eigenvalue weighted by atomic mass is 10.1. The van der Waals surface area contributed by atoms with Crippen LogP contribution in [-0.4, -0.2) is 37.6 Å². The minimum atomic E-state index is -0.579. The van der Waals surface area contributed by atoms with E-state index < -0.39 is 11.8 Å². The average molecular weight is 290 g/mol. The van der Waals surface area contributed by atoms with E-state index in [2.05, 4.69) is 22.8 Å². The van der Waals surface area contributed by atoms with Crippen LogP contribution in [0.5, 0.6) is 0 Å². The van der Waals surface area contributed by atoms with Gasteiger partial charge in [0.05, 0.1) is 6.10 Å². The molecule has 0 spiro atoms. The summed E-state index contributed by atoms with van der Waals surface area (Å²) in [7, 11) is 0. The lowest BCUT2D eigenvalue weighted by molar-refractivity contribution is -0.139. The average Bonchev–Trinajstić information content (AvgIpc) is 3.03. The fourth-order valence-corrected chi connectivity index (χ4v) is 2.31. The number of carbonyl (C=O) groups is 2. The first kappa shape index (κ1) is 15.5. The number of nitrogens with one attached hydrogen (secondary N) is 2. The van der Waals surface area contributed by atoms with Gasteiger partial charge in [0.15, 0.2) is 0 Å². The third-order valence-electron chi connectivity index (χ3n) is 3.49. The summed E-state index contributed by atoms with van der Waals surface area (Å²) in [4.78, 5) is 23.2. The minimum Gasteiger partial charge on any atom is -0.376 e. The molecule has 0 aliphatic carbocycles.